The van der Waals surface area contributed by atoms with E-state index < -0.39 is 6.36 Å². The fraction of sp³-hybridized carbons (Fsp3) is 0.500. The molecule has 28 heavy (non-hydrogen) atoms. The van der Waals surface area contributed by atoms with Crippen molar-refractivity contribution in [2.45, 2.75) is 63.3 Å². The summed E-state index contributed by atoms with van der Waals surface area (Å²) >= 11 is 0. The number of hydrogen-bond acceptors (Lipinski definition) is 5. The first-order valence-electron chi connectivity index (χ1n) is 9.73. The van der Waals surface area contributed by atoms with Gasteiger partial charge < -0.3 is 15.4 Å². The zero-order valence-corrected chi connectivity index (χ0v) is 15.4. The maximum absolute atomic E-state index is 12.5. The maximum atomic E-state index is 12.5. The standard InChI is InChI=1S/C20H23F3N4O/c21-20(22,23)28-16-8-4-7-15(11-16)24-18-12-17(13-9-10-13)26-19(27-18)25-14-5-2-1-3-6-14/h4,7-8,11-14H,1-3,5-6,9-10H2,(H2,24,25,26,27). The van der Waals surface area contributed by atoms with Crippen LogP contribution < -0.4 is 15.4 Å². The van der Waals surface area contributed by atoms with Crippen LogP contribution in [0.25, 0.3) is 0 Å². The van der Waals surface area contributed by atoms with Gasteiger partial charge in [0.25, 0.3) is 0 Å². The predicted molar refractivity (Wildman–Crippen MR) is 101 cm³/mol. The number of nitrogens with zero attached hydrogens (tertiary/aromatic N) is 2. The summed E-state index contributed by atoms with van der Waals surface area (Å²) in [6, 6.07) is 8.01. The van der Waals surface area contributed by atoms with Crippen molar-refractivity contribution in [3.63, 3.8) is 0 Å². The van der Waals surface area contributed by atoms with Crippen molar-refractivity contribution in [3.8, 4) is 5.75 Å². The van der Waals surface area contributed by atoms with Crippen LogP contribution in [-0.2, 0) is 0 Å². The maximum Gasteiger partial charge on any atom is 0.573 e. The van der Waals surface area contributed by atoms with Crippen molar-refractivity contribution in [1.82, 2.24) is 9.97 Å². The number of aromatic nitrogens is 2. The van der Waals surface area contributed by atoms with E-state index in [0.29, 0.717) is 29.4 Å². The molecule has 2 N–H and O–H groups in total. The molecule has 0 amide bonds. The molecule has 2 aliphatic carbocycles. The number of rotatable bonds is 6. The van der Waals surface area contributed by atoms with Crippen LogP contribution in [0, 0.1) is 0 Å². The second-order valence-electron chi connectivity index (χ2n) is 7.46. The van der Waals surface area contributed by atoms with Crippen LogP contribution in [0.1, 0.15) is 56.6 Å². The summed E-state index contributed by atoms with van der Waals surface area (Å²) in [5, 5.41) is 6.53. The van der Waals surface area contributed by atoms with E-state index in [0.717, 1.165) is 31.4 Å². The van der Waals surface area contributed by atoms with Crippen LogP contribution in [0.5, 0.6) is 5.75 Å². The molecule has 2 fully saturated rings. The molecule has 1 aromatic heterocycles. The zero-order valence-electron chi connectivity index (χ0n) is 15.4. The number of hydrogen-bond donors (Lipinski definition) is 2. The topological polar surface area (TPSA) is 59.1 Å². The SMILES string of the molecule is FC(F)(F)Oc1cccc(Nc2cc(C3CC3)nc(NC3CCCCC3)n2)c1. The van der Waals surface area contributed by atoms with E-state index in [-0.39, 0.29) is 5.75 Å². The van der Waals surface area contributed by atoms with Crippen LogP contribution >= 0.6 is 0 Å². The van der Waals surface area contributed by atoms with Gasteiger partial charge in [0.15, 0.2) is 0 Å². The number of ether oxygens (including phenoxy) is 1. The molecule has 0 bridgehead atoms. The summed E-state index contributed by atoms with van der Waals surface area (Å²) in [6.45, 7) is 0. The molecule has 150 valence electrons. The van der Waals surface area contributed by atoms with E-state index in [4.69, 9.17) is 0 Å². The highest BCUT2D eigenvalue weighted by Crippen LogP contribution is 2.40. The molecule has 1 heterocycles. The monoisotopic (exact) mass is 392 g/mol. The van der Waals surface area contributed by atoms with Gasteiger partial charge in [-0.15, -0.1) is 13.2 Å². The predicted octanol–water partition coefficient (Wildman–Crippen LogP) is 5.74. The Kier molecular flexibility index (Phi) is 5.28. The van der Waals surface area contributed by atoms with Crippen molar-refractivity contribution in [3.05, 3.63) is 36.0 Å². The van der Waals surface area contributed by atoms with Gasteiger partial charge in [-0.3, -0.25) is 0 Å². The van der Waals surface area contributed by atoms with Crippen molar-refractivity contribution in [2.75, 3.05) is 10.6 Å². The van der Waals surface area contributed by atoms with Gasteiger partial charge >= 0.3 is 6.36 Å². The van der Waals surface area contributed by atoms with Crippen molar-refractivity contribution in [1.29, 1.82) is 0 Å². The Morgan fingerprint density at radius 2 is 1.75 bits per heavy atom. The molecule has 5 nitrogen and oxygen atoms in total. The fourth-order valence-corrected chi connectivity index (χ4v) is 3.53. The third-order valence-electron chi connectivity index (χ3n) is 5.02. The average Bonchev–Trinajstić information content (AvgIpc) is 3.46. The first-order chi connectivity index (χ1) is 13.4. The van der Waals surface area contributed by atoms with Gasteiger partial charge in [0.2, 0.25) is 5.95 Å². The van der Waals surface area contributed by atoms with Gasteiger partial charge in [-0.25, -0.2) is 4.98 Å². The van der Waals surface area contributed by atoms with Crippen LogP contribution in [0.2, 0.25) is 0 Å². The highest BCUT2D eigenvalue weighted by atomic mass is 19.4. The third-order valence-corrected chi connectivity index (χ3v) is 5.02. The molecule has 0 spiro atoms. The Morgan fingerprint density at radius 3 is 2.46 bits per heavy atom. The van der Waals surface area contributed by atoms with Crippen LogP contribution in [-0.4, -0.2) is 22.4 Å². The summed E-state index contributed by atoms with van der Waals surface area (Å²) in [7, 11) is 0. The summed E-state index contributed by atoms with van der Waals surface area (Å²) in [5.74, 6) is 1.32. The Morgan fingerprint density at radius 1 is 0.964 bits per heavy atom. The lowest BCUT2D eigenvalue weighted by atomic mass is 9.96. The van der Waals surface area contributed by atoms with Crippen LogP contribution in [0.4, 0.5) is 30.6 Å². The Balaban J connectivity index is 1.52. The van der Waals surface area contributed by atoms with E-state index >= 15 is 0 Å². The quantitative estimate of drug-likeness (QED) is 0.656. The molecule has 2 aromatic rings. The van der Waals surface area contributed by atoms with Crippen molar-refractivity contribution < 1.29 is 17.9 Å². The molecule has 4 rings (SSSR count). The van der Waals surface area contributed by atoms with E-state index in [9.17, 15) is 13.2 Å². The number of halogens is 3. The van der Waals surface area contributed by atoms with Crippen molar-refractivity contribution in [2.24, 2.45) is 0 Å². The number of benzene rings is 1. The Labute approximate surface area is 161 Å². The molecule has 1 aromatic carbocycles. The number of nitrogens with one attached hydrogen (secondary N) is 2. The summed E-state index contributed by atoms with van der Waals surface area (Å²) in [5.41, 5.74) is 1.45. The largest absolute Gasteiger partial charge is 0.573 e. The van der Waals surface area contributed by atoms with Gasteiger partial charge in [-0.05, 0) is 37.8 Å². The fourth-order valence-electron chi connectivity index (χ4n) is 3.53. The summed E-state index contributed by atoms with van der Waals surface area (Å²) < 4.78 is 41.3. The minimum Gasteiger partial charge on any atom is -0.406 e. The second-order valence-corrected chi connectivity index (χ2v) is 7.46. The molecule has 0 atom stereocenters. The summed E-state index contributed by atoms with van der Waals surface area (Å²) in [6.07, 6.45) is 3.39. The van der Waals surface area contributed by atoms with Crippen molar-refractivity contribution >= 4 is 17.5 Å². The number of anilines is 3. The molecule has 2 saturated carbocycles. The second kappa shape index (κ2) is 7.85. The van der Waals surface area contributed by atoms with E-state index in [1.165, 1.54) is 37.5 Å². The lowest BCUT2D eigenvalue weighted by Crippen LogP contribution is -2.23. The summed E-state index contributed by atoms with van der Waals surface area (Å²) in [4.78, 5) is 9.20. The van der Waals surface area contributed by atoms with Gasteiger partial charge in [0, 0.05) is 29.8 Å². The Bertz CT molecular complexity index is 817. The van der Waals surface area contributed by atoms with E-state index in [1.54, 1.807) is 6.07 Å². The molecular weight excluding hydrogens is 369 g/mol. The first kappa shape index (κ1) is 18.8. The molecular formula is C20H23F3N4O. The Hall–Kier alpha value is -2.51. The highest BCUT2D eigenvalue weighted by Gasteiger charge is 2.31. The minimum absolute atomic E-state index is 0.269. The lowest BCUT2D eigenvalue weighted by Gasteiger charge is -2.23. The van der Waals surface area contributed by atoms with Crippen LogP contribution in [0.3, 0.4) is 0 Å². The average molecular weight is 392 g/mol. The van der Waals surface area contributed by atoms with E-state index in [2.05, 4.69) is 25.3 Å². The number of alkyl halides is 3. The van der Waals surface area contributed by atoms with Gasteiger partial charge in [-0.1, -0.05) is 25.3 Å². The third kappa shape index (κ3) is 5.27. The first-order valence-corrected chi connectivity index (χ1v) is 9.73. The van der Waals surface area contributed by atoms with Gasteiger partial charge in [0.1, 0.15) is 11.6 Å². The molecule has 0 saturated heterocycles. The molecule has 2 aliphatic rings. The lowest BCUT2D eigenvalue weighted by molar-refractivity contribution is -0.274. The van der Waals surface area contributed by atoms with Gasteiger partial charge in [0.05, 0.1) is 5.69 Å². The zero-order chi connectivity index (χ0) is 19.6. The smallest absolute Gasteiger partial charge is 0.406 e. The van der Waals surface area contributed by atoms with Crippen LogP contribution in [0.15, 0.2) is 30.3 Å². The van der Waals surface area contributed by atoms with E-state index in [1.807, 2.05) is 6.07 Å². The minimum atomic E-state index is -4.72. The molecule has 0 radical (unpaired) electrons. The van der Waals surface area contributed by atoms with Gasteiger partial charge in [-0.2, -0.15) is 4.98 Å². The molecule has 0 aliphatic heterocycles. The highest BCUT2D eigenvalue weighted by molar-refractivity contribution is 5.60. The molecule has 8 heteroatoms. The molecule has 0 unspecified atom stereocenters. The normalized spacial score (nSPS) is 18.0.